The number of benzene rings is 6. The molecule has 0 heterocycles. The Balaban J connectivity index is 0.00000357. The smallest absolute Gasteiger partial charge is 0.217 e. The second-order valence-corrected chi connectivity index (χ2v) is 17.7. The van der Waals surface area contributed by atoms with Crippen LogP contribution >= 0.6 is 14.1 Å². The predicted molar refractivity (Wildman–Crippen MR) is 189 cm³/mol. The largest absolute Gasteiger partial charge is 1.00 e. The Morgan fingerprint density at radius 3 is 0.889 bits per heavy atom. The van der Waals surface area contributed by atoms with E-state index in [2.05, 4.69) is 72.8 Å². The lowest BCUT2D eigenvalue weighted by atomic mass is 9.95. The molecule has 6 aromatic carbocycles. The highest BCUT2D eigenvalue weighted by Crippen LogP contribution is 2.64. The summed E-state index contributed by atoms with van der Waals surface area (Å²) in [5.74, 6) is -0.0745. The molecule has 1 saturated carbocycles. The molecule has 45 heavy (non-hydrogen) atoms. The van der Waals surface area contributed by atoms with Crippen molar-refractivity contribution in [3.8, 4) is 0 Å². The highest BCUT2D eigenvalue weighted by Gasteiger charge is 2.67. The molecule has 0 spiro atoms. The van der Waals surface area contributed by atoms with Gasteiger partial charge in [-0.05, 0) is 59.2 Å². The fourth-order valence-electron chi connectivity index (χ4n) is 6.78. The Morgan fingerprint density at radius 2 is 0.622 bits per heavy atom. The van der Waals surface area contributed by atoms with Crippen molar-refractivity contribution >= 4 is 62.8 Å². The van der Waals surface area contributed by atoms with Crippen molar-refractivity contribution in [2.45, 2.75) is 5.66 Å². The molecule has 6 aromatic rings. The zero-order valence-corrected chi connectivity index (χ0v) is 27.9. The minimum Gasteiger partial charge on any atom is -1.00 e. The summed E-state index contributed by atoms with van der Waals surface area (Å²) in [4.78, 5) is 30.6. The monoisotopic (exact) mass is 684 g/mol. The summed E-state index contributed by atoms with van der Waals surface area (Å²) < 4.78 is 0. The molecule has 0 aliphatic heterocycles. The summed E-state index contributed by atoms with van der Waals surface area (Å²) in [6.45, 7) is -2.82. The normalized spacial score (nSPS) is 13.6. The van der Waals surface area contributed by atoms with Gasteiger partial charge in [0.15, 0.2) is 0 Å². The number of carbonyl (C=O) groups excluding carboxylic acids is 2. The minimum atomic E-state index is -2.82. The number of Topliss-reactive ketones (excluding diaryl/α,β-unsaturated/α-hetero) is 2. The molecule has 1 fully saturated rings. The van der Waals surface area contributed by atoms with Crippen molar-refractivity contribution in [1.82, 2.24) is 0 Å². The van der Waals surface area contributed by atoms with E-state index in [1.54, 1.807) is 0 Å². The zero-order chi connectivity index (χ0) is 30.0. The maximum absolute atomic E-state index is 15.3. The summed E-state index contributed by atoms with van der Waals surface area (Å²) in [7, 11) is -2.75. The van der Waals surface area contributed by atoms with E-state index >= 15 is 9.59 Å². The minimum absolute atomic E-state index is 0. The van der Waals surface area contributed by atoms with Crippen LogP contribution in [-0.2, 0) is 9.59 Å². The molecular weight excluding hydrogens is 654 g/mol. The maximum Gasteiger partial charge on any atom is 0.217 e. The van der Waals surface area contributed by atoms with Gasteiger partial charge in [0, 0.05) is 0 Å². The first-order valence-corrected chi connectivity index (χ1v) is 18.4. The van der Waals surface area contributed by atoms with Crippen molar-refractivity contribution in [3.05, 3.63) is 182 Å². The van der Waals surface area contributed by atoms with Crippen LogP contribution in [0.15, 0.2) is 182 Å². The van der Waals surface area contributed by atoms with Crippen molar-refractivity contribution in [2.75, 3.05) is 0 Å². The molecule has 0 aromatic heterocycles. The van der Waals surface area contributed by atoms with Gasteiger partial charge in [-0.1, -0.05) is 146 Å². The highest BCUT2D eigenvalue weighted by atomic mass is 79.9. The first-order valence-electron chi connectivity index (χ1n) is 14.8. The van der Waals surface area contributed by atoms with Crippen LogP contribution in [0.5, 0.6) is 0 Å². The second-order valence-electron chi connectivity index (χ2n) is 10.9. The summed E-state index contributed by atoms with van der Waals surface area (Å²) in [6.07, 6.45) is 0. The number of hydrogen-bond acceptors (Lipinski definition) is 2. The lowest BCUT2D eigenvalue weighted by molar-refractivity contribution is -0.124. The first-order chi connectivity index (χ1) is 21.7. The number of halogens is 1. The second kappa shape index (κ2) is 13.1. The van der Waals surface area contributed by atoms with Crippen LogP contribution in [0.25, 0.3) is 0 Å². The SMILES string of the molecule is O=C1C(=P(c2ccccc2)(c2ccccc2)c2ccccc2)C(=O)C1[P+](c1ccccc1)(c1ccccc1)c1ccccc1.[Br-]. The van der Waals surface area contributed by atoms with Crippen LogP contribution < -0.4 is 48.8 Å². The molecule has 0 unspecified atom stereocenters. The molecule has 5 heteroatoms. The summed E-state index contributed by atoms with van der Waals surface area (Å²) in [6, 6.07) is 61.2. The molecule has 220 valence electrons. The highest BCUT2D eigenvalue weighted by molar-refractivity contribution is 8.02. The van der Waals surface area contributed by atoms with E-state index in [4.69, 9.17) is 0 Å². The van der Waals surface area contributed by atoms with Gasteiger partial charge in [-0.2, -0.15) is 0 Å². The van der Waals surface area contributed by atoms with Crippen LogP contribution in [0, 0.1) is 0 Å². The molecule has 0 saturated heterocycles. The predicted octanol–water partition coefficient (Wildman–Crippen LogP) is 2.67. The van der Waals surface area contributed by atoms with E-state index in [0.717, 1.165) is 31.8 Å². The van der Waals surface area contributed by atoms with E-state index in [0.29, 0.717) is 5.29 Å². The quantitative estimate of drug-likeness (QED) is 0.192. The van der Waals surface area contributed by atoms with Crippen LogP contribution in [-0.4, -0.2) is 22.5 Å². The van der Waals surface area contributed by atoms with Crippen molar-refractivity contribution in [3.63, 3.8) is 0 Å². The van der Waals surface area contributed by atoms with Gasteiger partial charge >= 0.3 is 0 Å². The lowest BCUT2D eigenvalue weighted by Gasteiger charge is -2.42. The molecule has 0 radical (unpaired) electrons. The van der Waals surface area contributed by atoms with Gasteiger partial charge in [-0.25, -0.2) is 0 Å². The van der Waals surface area contributed by atoms with E-state index in [1.165, 1.54) is 0 Å². The van der Waals surface area contributed by atoms with Crippen molar-refractivity contribution < 1.29 is 26.6 Å². The molecular formula is C40H31BrO2P2. The van der Waals surface area contributed by atoms with E-state index < -0.39 is 19.8 Å². The van der Waals surface area contributed by atoms with E-state index in [1.807, 2.05) is 109 Å². The van der Waals surface area contributed by atoms with Gasteiger partial charge in [0.25, 0.3) is 0 Å². The molecule has 0 atom stereocenters. The zero-order valence-electron chi connectivity index (χ0n) is 24.5. The van der Waals surface area contributed by atoms with Crippen molar-refractivity contribution in [1.29, 1.82) is 0 Å². The first kappa shape index (κ1) is 30.9. The van der Waals surface area contributed by atoms with Crippen molar-refractivity contribution in [2.24, 2.45) is 0 Å². The number of hydrogen-bond donors (Lipinski definition) is 0. The van der Waals surface area contributed by atoms with Gasteiger partial charge < -0.3 is 17.0 Å². The number of carbonyl (C=O) groups is 2. The van der Waals surface area contributed by atoms with E-state index in [-0.39, 0.29) is 28.5 Å². The molecule has 0 amide bonds. The third kappa shape index (κ3) is 4.91. The van der Waals surface area contributed by atoms with Crippen LogP contribution in [0.4, 0.5) is 0 Å². The van der Waals surface area contributed by atoms with Crippen LogP contribution in [0.1, 0.15) is 0 Å². The molecule has 1 aliphatic carbocycles. The Kier molecular flexibility index (Phi) is 8.97. The third-order valence-corrected chi connectivity index (χ3v) is 17.5. The van der Waals surface area contributed by atoms with Gasteiger partial charge in [0.1, 0.15) is 23.2 Å². The maximum atomic E-state index is 15.3. The molecule has 0 N–H and O–H groups in total. The summed E-state index contributed by atoms with van der Waals surface area (Å²) in [5, 5.41) is 6.57. The molecule has 2 nitrogen and oxygen atoms in total. The van der Waals surface area contributed by atoms with Gasteiger partial charge in [-0.3, -0.25) is 9.59 Å². The van der Waals surface area contributed by atoms with Gasteiger partial charge in [0.05, 0.1) is 5.29 Å². The fraction of sp³-hybridized carbons (Fsp3) is 0.0250. The Morgan fingerprint density at radius 1 is 0.378 bits per heavy atom. The van der Waals surface area contributed by atoms with Crippen LogP contribution in [0.3, 0.4) is 0 Å². The van der Waals surface area contributed by atoms with Gasteiger partial charge in [-0.15, -0.1) is 0 Å². The third-order valence-electron chi connectivity index (χ3n) is 8.61. The Bertz CT molecular complexity index is 1760. The Labute approximate surface area is 275 Å². The Hall–Kier alpha value is -4.13. The topological polar surface area (TPSA) is 34.1 Å². The average molecular weight is 686 g/mol. The van der Waals surface area contributed by atoms with Gasteiger partial charge in [0.2, 0.25) is 17.2 Å². The fourth-order valence-corrected chi connectivity index (χ4v) is 16.1. The summed E-state index contributed by atoms with van der Waals surface area (Å²) >= 11 is 0. The summed E-state index contributed by atoms with van der Waals surface area (Å²) in [5.41, 5.74) is -0.805. The standard InChI is InChI=1S/C40H31O2P2.BrH/c41-37-39(43(31-19-7-1-8-20-31,32-21-9-2-10-22-32)33-23-11-3-12-24-33)38(42)40(37)44(34-25-13-4-14-26-34,35-27-15-5-16-28-35)36-29-17-6-18-30-36;/h1-30,39H;1H/q+1;/p-1. The lowest BCUT2D eigenvalue weighted by Crippen LogP contribution is -3.00. The molecule has 1 aliphatic rings. The van der Waals surface area contributed by atoms with E-state index in [9.17, 15) is 0 Å². The average Bonchev–Trinajstić information content (AvgIpc) is 3.11. The molecule has 7 rings (SSSR count). The number of rotatable bonds is 7. The number of ketones is 2. The van der Waals surface area contributed by atoms with Crippen LogP contribution in [0.2, 0.25) is 0 Å². The molecule has 0 bridgehead atoms.